The lowest BCUT2D eigenvalue weighted by Gasteiger charge is -2.29. The molecule has 156 valence electrons. The quantitative estimate of drug-likeness (QED) is 0.702. The highest BCUT2D eigenvalue weighted by atomic mass is 32.1. The SMILES string of the molecule is COC(=S)NC[C@H]1CN(c2ccc(N3C=NN(C(=S)OC)CC3)c(F)c2)C(=O)O1. The average molecular weight is 442 g/mol. The minimum Gasteiger partial charge on any atom is -0.474 e. The van der Waals surface area contributed by atoms with Crippen molar-refractivity contribution in [3.8, 4) is 0 Å². The highest BCUT2D eigenvalue weighted by molar-refractivity contribution is 7.80. The molecule has 1 fully saturated rings. The number of amides is 1. The molecule has 3 rings (SSSR count). The van der Waals surface area contributed by atoms with Gasteiger partial charge in [0.15, 0.2) is 0 Å². The van der Waals surface area contributed by atoms with Crippen molar-refractivity contribution in [2.75, 3.05) is 50.2 Å². The Morgan fingerprint density at radius 2 is 2.14 bits per heavy atom. The van der Waals surface area contributed by atoms with Crippen LogP contribution in [0.2, 0.25) is 0 Å². The molecule has 0 aliphatic carbocycles. The predicted molar refractivity (Wildman–Crippen MR) is 114 cm³/mol. The molecule has 1 amide bonds. The van der Waals surface area contributed by atoms with Crippen LogP contribution in [0.4, 0.5) is 20.6 Å². The molecule has 0 bridgehead atoms. The van der Waals surface area contributed by atoms with E-state index < -0.39 is 18.0 Å². The number of anilines is 2. The number of carbonyl (C=O) groups is 1. The number of benzene rings is 1. The summed E-state index contributed by atoms with van der Waals surface area (Å²) in [6.07, 6.45) is 0.510. The van der Waals surface area contributed by atoms with Gasteiger partial charge in [-0.1, -0.05) is 0 Å². The zero-order valence-corrected chi connectivity index (χ0v) is 17.5. The fourth-order valence-electron chi connectivity index (χ4n) is 2.87. The lowest BCUT2D eigenvalue weighted by atomic mass is 10.2. The Hall–Kier alpha value is -2.73. The Kier molecular flexibility index (Phi) is 6.64. The van der Waals surface area contributed by atoms with Gasteiger partial charge in [0.2, 0.25) is 0 Å². The van der Waals surface area contributed by atoms with Gasteiger partial charge < -0.3 is 24.4 Å². The third-order valence-electron chi connectivity index (χ3n) is 4.35. The highest BCUT2D eigenvalue weighted by Gasteiger charge is 2.33. The monoisotopic (exact) mass is 441 g/mol. The van der Waals surface area contributed by atoms with Crippen LogP contribution in [0.25, 0.3) is 0 Å². The van der Waals surface area contributed by atoms with Crippen LogP contribution < -0.4 is 15.1 Å². The van der Waals surface area contributed by atoms with Crippen molar-refractivity contribution < 1.29 is 23.4 Å². The van der Waals surface area contributed by atoms with Gasteiger partial charge in [-0.15, -0.1) is 0 Å². The van der Waals surface area contributed by atoms with Crippen molar-refractivity contribution in [1.82, 2.24) is 10.3 Å². The second-order valence-corrected chi connectivity index (χ2v) is 6.86. The van der Waals surface area contributed by atoms with E-state index in [-0.39, 0.29) is 16.9 Å². The Morgan fingerprint density at radius 3 is 2.76 bits per heavy atom. The molecule has 0 unspecified atom stereocenters. The molecular formula is C17H20FN5O4S2. The summed E-state index contributed by atoms with van der Waals surface area (Å²) < 4.78 is 29.8. The lowest BCUT2D eigenvalue weighted by molar-refractivity contribution is 0.142. The number of rotatable bonds is 4. The van der Waals surface area contributed by atoms with Crippen molar-refractivity contribution in [1.29, 1.82) is 0 Å². The van der Waals surface area contributed by atoms with E-state index in [9.17, 15) is 9.18 Å². The normalized spacial score (nSPS) is 18.5. The van der Waals surface area contributed by atoms with E-state index in [4.69, 9.17) is 38.6 Å². The molecule has 9 nitrogen and oxygen atoms in total. The molecule has 29 heavy (non-hydrogen) atoms. The third-order valence-corrected chi connectivity index (χ3v) is 5.04. The average Bonchev–Trinajstić information content (AvgIpc) is 3.12. The minimum absolute atomic E-state index is 0.211. The summed E-state index contributed by atoms with van der Waals surface area (Å²) >= 11 is 9.92. The fraction of sp³-hybridized carbons (Fsp3) is 0.412. The molecule has 0 radical (unpaired) electrons. The smallest absolute Gasteiger partial charge is 0.414 e. The maximum atomic E-state index is 14.7. The molecule has 1 saturated heterocycles. The van der Waals surface area contributed by atoms with Gasteiger partial charge in [0.1, 0.15) is 18.3 Å². The Balaban J connectivity index is 1.66. The summed E-state index contributed by atoms with van der Waals surface area (Å²) in [5, 5.41) is 8.96. The number of nitrogens with zero attached hydrogens (tertiary/aromatic N) is 4. The molecule has 0 saturated carbocycles. The number of thiocarbonyl (C=S) groups is 2. The van der Waals surface area contributed by atoms with Crippen LogP contribution in [0.15, 0.2) is 23.3 Å². The van der Waals surface area contributed by atoms with Crippen LogP contribution in [-0.2, 0) is 14.2 Å². The van der Waals surface area contributed by atoms with Gasteiger partial charge in [0, 0.05) is 6.54 Å². The van der Waals surface area contributed by atoms with Crippen LogP contribution in [0.5, 0.6) is 0 Å². The van der Waals surface area contributed by atoms with Gasteiger partial charge in [0.05, 0.1) is 45.2 Å². The molecule has 1 aromatic carbocycles. The molecular weight excluding hydrogens is 421 g/mol. The van der Waals surface area contributed by atoms with Crippen molar-refractivity contribution in [3.63, 3.8) is 0 Å². The number of carbonyl (C=O) groups excluding carboxylic acids is 1. The van der Waals surface area contributed by atoms with E-state index in [1.54, 1.807) is 17.0 Å². The Bertz CT molecular complexity index is 840. The van der Waals surface area contributed by atoms with Gasteiger partial charge in [-0.2, -0.15) is 5.10 Å². The van der Waals surface area contributed by atoms with E-state index in [0.29, 0.717) is 31.0 Å². The van der Waals surface area contributed by atoms with Gasteiger partial charge in [0.25, 0.3) is 10.3 Å². The number of hydrogen-bond donors (Lipinski definition) is 1. The molecule has 0 aromatic heterocycles. The first-order chi connectivity index (χ1) is 13.9. The van der Waals surface area contributed by atoms with Crippen LogP contribution in [-0.4, -0.2) is 74.3 Å². The van der Waals surface area contributed by atoms with Crippen molar-refractivity contribution in [2.45, 2.75) is 6.10 Å². The fourth-order valence-corrected chi connectivity index (χ4v) is 3.10. The van der Waals surface area contributed by atoms with E-state index in [1.807, 2.05) is 0 Å². The maximum absolute atomic E-state index is 14.7. The molecule has 1 N–H and O–H groups in total. The maximum Gasteiger partial charge on any atom is 0.414 e. The van der Waals surface area contributed by atoms with E-state index in [2.05, 4.69) is 10.4 Å². The first-order valence-electron chi connectivity index (χ1n) is 8.68. The number of hydrogen-bond acceptors (Lipinski definition) is 8. The van der Waals surface area contributed by atoms with Crippen molar-refractivity contribution in [3.05, 3.63) is 24.0 Å². The number of hydrazone groups is 1. The second-order valence-electron chi connectivity index (χ2n) is 6.14. The van der Waals surface area contributed by atoms with Crippen LogP contribution in [0.3, 0.4) is 0 Å². The summed E-state index contributed by atoms with van der Waals surface area (Å²) in [6, 6.07) is 4.56. The second kappa shape index (κ2) is 9.18. The standard InChI is InChI=1S/C17H20FN5O4S2/c1-25-15(28)19-8-12-9-22(16(24)27-12)11-3-4-14(13(18)7-11)21-5-6-23(20-10-21)17(29)26-2/h3-4,7,10,12H,5-6,8-9H2,1-2H3,(H,19,28)/t12-/m0/s1. The molecule has 0 spiro atoms. The number of methoxy groups -OCH3 is 2. The molecule has 2 aliphatic rings. The minimum atomic E-state index is -0.546. The zero-order chi connectivity index (χ0) is 21.0. The first-order valence-corrected chi connectivity index (χ1v) is 9.50. The lowest BCUT2D eigenvalue weighted by Crippen LogP contribution is -2.40. The van der Waals surface area contributed by atoms with Gasteiger partial charge in [-0.05, 0) is 42.6 Å². The highest BCUT2D eigenvalue weighted by Crippen LogP contribution is 2.28. The van der Waals surface area contributed by atoms with Gasteiger partial charge in [-0.3, -0.25) is 4.90 Å². The summed E-state index contributed by atoms with van der Waals surface area (Å²) in [5.74, 6) is -0.480. The number of nitrogens with one attached hydrogen (secondary N) is 1. The zero-order valence-electron chi connectivity index (χ0n) is 15.8. The van der Waals surface area contributed by atoms with E-state index >= 15 is 0 Å². The summed E-state index contributed by atoms with van der Waals surface area (Å²) in [6.45, 7) is 1.51. The van der Waals surface area contributed by atoms with Crippen LogP contribution >= 0.6 is 24.4 Å². The first kappa shape index (κ1) is 21.0. The Morgan fingerprint density at radius 1 is 1.34 bits per heavy atom. The number of cyclic esters (lactones) is 1. The molecule has 2 aliphatic heterocycles. The number of ether oxygens (including phenoxy) is 3. The molecule has 12 heteroatoms. The largest absolute Gasteiger partial charge is 0.474 e. The van der Waals surface area contributed by atoms with Gasteiger partial charge in [-0.25, -0.2) is 14.2 Å². The third kappa shape index (κ3) is 4.82. The summed E-state index contributed by atoms with van der Waals surface area (Å²) in [7, 11) is 2.92. The topological polar surface area (TPSA) is 78.9 Å². The Labute approximate surface area is 178 Å². The molecule has 2 heterocycles. The predicted octanol–water partition coefficient (Wildman–Crippen LogP) is 1.67. The van der Waals surface area contributed by atoms with Crippen LogP contribution in [0.1, 0.15) is 0 Å². The van der Waals surface area contributed by atoms with E-state index in [0.717, 1.165) is 0 Å². The van der Waals surface area contributed by atoms with Crippen LogP contribution in [0, 0.1) is 5.82 Å². The van der Waals surface area contributed by atoms with Gasteiger partial charge >= 0.3 is 6.09 Å². The van der Waals surface area contributed by atoms with E-state index in [1.165, 1.54) is 36.5 Å². The molecule has 1 aromatic rings. The summed E-state index contributed by atoms with van der Waals surface area (Å²) in [5.41, 5.74) is 0.751. The molecule has 1 atom stereocenters. The van der Waals surface area contributed by atoms with Crippen molar-refractivity contribution >= 4 is 58.6 Å². The van der Waals surface area contributed by atoms with Crippen molar-refractivity contribution in [2.24, 2.45) is 5.10 Å². The number of halogens is 1. The summed E-state index contributed by atoms with van der Waals surface area (Å²) in [4.78, 5) is 15.2.